The molecule has 0 bridgehead atoms. The van der Waals surface area contributed by atoms with Gasteiger partial charge in [-0.25, -0.2) is 4.79 Å². The summed E-state index contributed by atoms with van der Waals surface area (Å²) in [5, 5.41) is 13.5. The van der Waals surface area contributed by atoms with Gasteiger partial charge in [0.25, 0.3) is 0 Å². The molecule has 1 atom stereocenters. The fraction of sp³-hybridized carbons (Fsp3) is 0.348. The standard InChI is InChI=1S/C23H26N2O6/c1-2-30-15(11-21(26)24-13-22(27)28)12-25-23(29)31-14-20-18-9-5-3-7-16(18)17-8-4-6-10-19(17)20/h3-10,15,20H,2,11-14H2,1H3,(H,24,26)(H,25,29)(H,27,28). The molecule has 1 unspecified atom stereocenters. The second-order valence-corrected chi connectivity index (χ2v) is 7.16. The van der Waals surface area contributed by atoms with Crippen LogP contribution in [0.2, 0.25) is 0 Å². The molecule has 31 heavy (non-hydrogen) atoms. The van der Waals surface area contributed by atoms with Crippen molar-refractivity contribution in [3.63, 3.8) is 0 Å². The Balaban J connectivity index is 1.52. The number of carboxylic acids is 1. The normalized spacial score (nSPS) is 13.1. The highest BCUT2D eigenvalue weighted by Crippen LogP contribution is 2.44. The van der Waals surface area contributed by atoms with E-state index in [1.165, 1.54) is 0 Å². The average Bonchev–Trinajstić information content (AvgIpc) is 3.08. The number of ether oxygens (including phenoxy) is 2. The molecule has 2 aromatic carbocycles. The summed E-state index contributed by atoms with van der Waals surface area (Å²) in [7, 11) is 0. The minimum Gasteiger partial charge on any atom is -0.480 e. The Morgan fingerprint density at radius 2 is 1.61 bits per heavy atom. The van der Waals surface area contributed by atoms with Crippen molar-refractivity contribution < 1.29 is 29.0 Å². The van der Waals surface area contributed by atoms with E-state index in [1.807, 2.05) is 36.4 Å². The van der Waals surface area contributed by atoms with E-state index in [9.17, 15) is 14.4 Å². The van der Waals surface area contributed by atoms with Gasteiger partial charge < -0.3 is 25.2 Å². The van der Waals surface area contributed by atoms with Crippen molar-refractivity contribution in [2.24, 2.45) is 0 Å². The van der Waals surface area contributed by atoms with Crippen molar-refractivity contribution >= 4 is 18.0 Å². The van der Waals surface area contributed by atoms with Gasteiger partial charge in [-0.3, -0.25) is 9.59 Å². The lowest BCUT2D eigenvalue weighted by molar-refractivity contribution is -0.138. The third-order valence-corrected chi connectivity index (χ3v) is 5.07. The van der Waals surface area contributed by atoms with Crippen LogP contribution >= 0.6 is 0 Å². The highest BCUT2D eigenvalue weighted by Gasteiger charge is 2.29. The lowest BCUT2D eigenvalue weighted by Gasteiger charge is -2.18. The fourth-order valence-corrected chi connectivity index (χ4v) is 3.73. The van der Waals surface area contributed by atoms with Crippen LogP contribution in [0.5, 0.6) is 0 Å². The Labute approximate surface area is 180 Å². The van der Waals surface area contributed by atoms with Crippen molar-refractivity contribution in [1.29, 1.82) is 0 Å². The minimum absolute atomic E-state index is 0.0392. The molecule has 8 heteroatoms. The van der Waals surface area contributed by atoms with Gasteiger partial charge in [0.1, 0.15) is 13.2 Å². The van der Waals surface area contributed by atoms with E-state index in [-0.39, 0.29) is 25.5 Å². The number of hydrogen-bond donors (Lipinski definition) is 3. The van der Waals surface area contributed by atoms with Gasteiger partial charge in [-0.2, -0.15) is 0 Å². The van der Waals surface area contributed by atoms with Crippen molar-refractivity contribution in [3.8, 4) is 11.1 Å². The fourth-order valence-electron chi connectivity index (χ4n) is 3.73. The van der Waals surface area contributed by atoms with E-state index < -0.39 is 30.6 Å². The zero-order valence-electron chi connectivity index (χ0n) is 17.3. The summed E-state index contributed by atoms with van der Waals surface area (Å²) < 4.78 is 10.9. The lowest BCUT2D eigenvalue weighted by Crippen LogP contribution is -2.39. The number of carbonyl (C=O) groups is 3. The van der Waals surface area contributed by atoms with Crippen LogP contribution < -0.4 is 10.6 Å². The number of amides is 2. The molecule has 0 saturated carbocycles. The van der Waals surface area contributed by atoms with E-state index in [1.54, 1.807) is 6.92 Å². The first-order chi connectivity index (χ1) is 15.0. The molecule has 164 valence electrons. The zero-order valence-corrected chi connectivity index (χ0v) is 17.3. The van der Waals surface area contributed by atoms with Crippen LogP contribution in [0.3, 0.4) is 0 Å². The Kier molecular flexibility index (Phi) is 7.61. The molecular weight excluding hydrogens is 400 g/mol. The van der Waals surface area contributed by atoms with Gasteiger partial charge in [0.2, 0.25) is 5.91 Å². The summed E-state index contributed by atoms with van der Waals surface area (Å²) in [6, 6.07) is 16.1. The predicted molar refractivity (Wildman–Crippen MR) is 114 cm³/mol. The molecule has 2 aromatic rings. The molecule has 0 spiro atoms. The van der Waals surface area contributed by atoms with Crippen LogP contribution in [0.25, 0.3) is 11.1 Å². The Hall–Kier alpha value is -3.39. The first-order valence-electron chi connectivity index (χ1n) is 10.2. The van der Waals surface area contributed by atoms with Gasteiger partial charge in [0, 0.05) is 19.1 Å². The van der Waals surface area contributed by atoms with E-state index in [2.05, 4.69) is 22.8 Å². The van der Waals surface area contributed by atoms with Gasteiger partial charge >= 0.3 is 12.1 Å². The summed E-state index contributed by atoms with van der Waals surface area (Å²) in [4.78, 5) is 34.6. The minimum atomic E-state index is -1.13. The SMILES string of the molecule is CCOC(CNC(=O)OCC1c2ccccc2-c2ccccc21)CC(=O)NCC(=O)O. The first kappa shape index (κ1) is 22.3. The second kappa shape index (κ2) is 10.6. The number of aliphatic carboxylic acids is 1. The summed E-state index contributed by atoms with van der Waals surface area (Å²) >= 11 is 0. The van der Waals surface area contributed by atoms with Gasteiger partial charge in [-0.1, -0.05) is 48.5 Å². The van der Waals surface area contributed by atoms with Gasteiger partial charge in [-0.15, -0.1) is 0 Å². The van der Waals surface area contributed by atoms with Crippen LogP contribution in [0.1, 0.15) is 30.4 Å². The van der Waals surface area contributed by atoms with Crippen LogP contribution in [0, 0.1) is 0 Å². The van der Waals surface area contributed by atoms with Gasteiger partial charge in [0.05, 0.1) is 12.5 Å². The number of carbonyl (C=O) groups excluding carboxylic acids is 2. The van der Waals surface area contributed by atoms with Crippen LogP contribution in [-0.2, 0) is 19.1 Å². The maximum atomic E-state index is 12.3. The topological polar surface area (TPSA) is 114 Å². The molecular formula is C23H26N2O6. The van der Waals surface area contributed by atoms with E-state index in [0.29, 0.717) is 6.61 Å². The number of fused-ring (bicyclic) bond motifs is 3. The quantitative estimate of drug-likeness (QED) is 0.538. The Morgan fingerprint density at radius 1 is 1.00 bits per heavy atom. The summed E-state index contributed by atoms with van der Waals surface area (Å²) in [6.45, 7) is 1.93. The van der Waals surface area contributed by atoms with Crippen LogP contribution in [0.15, 0.2) is 48.5 Å². The number of carboxylic acid groups (broad SMARTS) is 1. The molecule has 0 fully saturated rings. The lowest BCUT2D eigenvalue weighted by atomic mass is 9.98. The first-order valence-corrected chi connectivity index (χ1v) is 10.2. The van der Waals surface area contributed by atoms with Gasteiger partial charge in [0.15, 0.2) is 0 Å². The molecule has 3 rings (SSSR count). The molecule has 0 heterocycles. The van der Waals surface area contributed by atoms with E-state index in [4.69, 9.17) is 14.6 Å². The number of rotatable bonds is 10. The number of nitrogens with one attached hydrogen (secondary N) is 2. The van der Waals surface area contributed by atoms with Gasteiger partial charge in [-0.05, 0) is 29.2 Å². The maximum absolute atomic E-state index is 12.3. The maximum Gasteiger partial charge on any atom is 0.407 e. The molecule has 1 aliphatic carbocycles. The Bertz CT molecular complexity index is 900. The van der Waals surface area contributed by atoms with Crippen molar-refractivity contribution in [2.75, 3.05) is 26.3 Å². The van der Waals surface area contributed by atoms with Crippen LogP contribution in [-0.4, -0.2) is 55.5 Å². The molecule has 0 aromatic heterocycles. The average molecular weight is 426 g/mol. The third kappa shape index (κ3) is 5.82. The molecule has 8 nitrogen and oxygen atoms in total. The largest absolute Gasteiger partial charge is 0.480 e. The number of alkyl carbamates (subject to hydrolysis) is 1. The van der Waals surface area contributed by atoms with E-state index >= 15 is 0 Å². The van der Waals surface area contributed by atoms with E-state index in [0.717, 1.165) is 22.3 Å². The van der Waals surface area contributed by atoms with Crippen molar-refractivity contribution in [1.82, 2.24) is 10.6 Å². The molecule has 0 saturated heterocycles. The molecule has 0 aliphatic heterocycles. The molecule has 3 N–H and O–H groups in total. The summed E-state index contributed by atoms with van der Waals surface area (Å²) in [6.07, 6.45) is -1.25. The highest BCUT2D eigenvalue weighted by atomic mass is 16.5. The second-order valence-electron chi connectivity index (χ2n) is 7.16. The molecule has 2 amide bonds. The Morgan fingerprint density at radius 3 is 2.19 bits per heavy atom. The summed E-state index contributed by atoms with van der Waals surface area (Å²) in [5.41, 5.74) is 4.55. The zero-order chi connectivity index (χ0) is 22.2. The molecule has 0 radical (unpaired) electrons. The number of hydrogen-bond acceptors (Lipinski definition) is 5. The van der Waals surface area contributed by atoms with Crippen molar-refractivity contribution in [3.05, 3.63) is 59.7 Å². The number of benzene rings is 2. The molecule has 1 aliphatic rings. The summed E-state index contributed by atoms with van der Waals surface area (Å²) in [5.74, 6) is -1.63. The predicted octanol–water partition coefficient (Wildman–Crippen LogP) is 2.52. The monoisotopic (exact) mass is 426 g/mol. The van der Waals surface area contributed by atoms with Crippen LogP contribution in [0.4, 0.5) is 4.79 Å². The highest BCUT2D eigenvalue weighted by molar-refractivity contribution is 5.81. The van der Waals surface area contributed by atoms with Crippen molar-refractivity contribution in [2.45, 2.75) is 25.4 Å². The smallest absolute Gasteiger partial charge is 0.407 e. The third-order valence-electron chi connectivity index (χ3n) is 5.07.